The molecule has 3 heterocycles. The first-order valence-electron chi connectivity index (χ1n) is 13.3. The van der Waals surface area contributed by atoms with Gasteiger partial charge >= 0.3 is 5.97 Å². The smallest absolute Gasteiger partial charge is 0.306 e. The molecule has 0 spiro atoms. The Balaban J connectivity index is 0.000000438. The third-order valence-electron chi connectivity index (χ3n) is 6.99. The number of allylic oxidation sites excluding steroid dienone is 4. The lowest BCUT2D eigenvalue weighted by Crippen LogP contribution is -2.42. The number of aromatic nitrogens is 2. The molecule has 7 nitrogen and oxygen atoms in total. The van der Waals surface area contributed by atoms with Crippen molar-refractivity contribution in [2.75, 3.05) is 0 Å². The fourth-order valence-electron chi connectivity index (χ4n) is 4.88. The van der Waals surface area contributed by atoms with Crippen molar-refractivity contribution in [1.82, 2.24) is 19.8 Å². The maximum absolute atomic E-state index is 14.3. The average molecular weight is 531 g/mol. The second-order valence-electron chi connectivity index (χ2n) is 10.3. The van der Waals surface area contributed by atoms with Gasteiger partial charge in [-0.15, -0.1) is 0 Å². The molecular weight excluding hydrogens is 495 g/mol. The molecule has 1 aliphatic heterocycles. The van der Waals surface area contributed by atoms with Crippen molar-refractivity contribution in [3.05, 3.63) is 90.4 Å². The van der Waals surface area contributed by atoms with Crippen molar-refractivity contribution < 1.29 is 19.1 Å². The van der Waals surface area contributed by atoms with Crippen molar-refractivity contribution >= 4 is 28.4 Å². The monoisotopic (exact) mass is 530 g/mol. The number of carboxylic acids is 1. The summed E-state index contributed by atoms with van der Waals surface area (Å²) in [6.45, 7) is 7.87. The van der Waals surface area contributed by atoms with Gasteiger partial charge in [0, 0.05) is 47.8 Å². The van der Waals surface area contributed by atoms with Crippen molar-refractivity contribution in [2.45, 2.75) is 59.0 Å². The van der Waals surface area contributed by atoms with Gasteiger partial charge in [0.2, 0.25) is 0 Å². The van der Waals surface area contributed by atoms with Crippen molar-refractivity contribution in [1.29, 1.82) is 0 Å². The van der Waals surface area contributed by atoms with Gasteiger partial charge in [-0.2, -0.15) is 0 Å². The van der Waals surface area contributed by atoms with E-state index in [0.717, 1.165) is 41.3 Å². The summed E-state index contributed by atoms with van der Waals surface area (Å²) in [4.78, 5) is 29.6. The minimum Gasteiger partial charge on any atom is -0.481 e. The van der Waals surface area contributed by atoms with Crippen molar-refractivity contribution in [2.24, 2.45) is 5.92 Å². The Morgan fingerprint density at radius 2 is 1.87 bits per heavy atom. The van der Waals surface area contributed by atoms with Crippen LogP contribution in [0.1, 0.15) is 62.9 Å². The first-order valence-corrected chi connectivity index (χ1v) is 13.3. The maximum atomic E-state index is 14.3. The zero-order valence-electron chi connectivity index (χ0n) is 22.8. The molecule has 204 valence electrons. The van der Waals surface area contributed by atoms with E-state index in [-0.39, 0.29) is 23.9 Å². The van der Waals surface area contributed by atoms with Gasteiger partial charge in [-0.05, 0) is 76.5 Å². The Morgan fingerprint density at radius 1 is 1.13 bits per heavy atom. The van der Waals surface area contributed by atoms with E-state index in [9.17, 15) is 14.0 Å². The van der Waals surface area contributed by atoms with E-state index in [0.29, 0.717) is 11.3 Å². The second kappa shape index (κ2) is 12.1. The molecule has 1 amide bonds. The van der Waals surface area contributed by atoms with Crippen LogP contribution in [0.15, 0.2) is 73.5 Å². The minimum atomic E-state index is -0.619. The zero-order valence-corrected chi connectivity index (χ0v) is 22.8. The Labute approximate surface area is 228 Å². The molecule has 1 saturated carbocycles. The first kappa shape index (κ1) is 27.8. The molecule has 3 aromatic rings. The number of benzene rings is 1. The standard InChI is InChI=1S/C26H27FN4O.C5H8O2/c1-17(2)31(18(3)4)26(32)22-13-20(27)8-9-24(22)30-16-23(19-7-5-6-11-28-14-19)21-10-12-29-15-25(21)30;6-5(7)4-2-1-3-4/h5-18,28H,1-4H3;4H,1-3H2,(H,6,7). The lowest BCUT2D eigenvalue weighted by atomic mass is 9.86. The van der Waals surface area contributed by atoms with Crippen LogP contribution < -0.4 is 5.32 Å². The largest absolute Gasteiger partial charge is 0.481 e. The molecule has 2 aliphatic rings. The summed E-state index contributed by atoms with van der Waals surface area (Å²) in [6, 6.07) is 6.30. The molecule has 5 rings (SSSR count). The Hall–Kier alpha value is -4.20. The normalized spacial score (nSPS) is 14.8. The average Bonchev–Trinajstić information content (AvgIpc) is 3.02. The number of hydrogen-bond donors (Lipinski definition) is 2. The lowest BCUT2D eigenvalue weighted by molar-refractivity contribution is -0.144. The Kier molecular flexibility index (Phi) is 8.64. The molecule has 39 heavy (non-hydrogen) atoms. The molecule has 2 aromatic heterocycles. The Morgan fingerprint density at radius 3 is 2.49 bits per heavy atom. The number of nitrogens with zero attached hydrogens (tertiary/aromatic N) is 3. The van der Waals surface area contributed by atoms with E-state index in [2.05, 4.69) is 10.3 Å². The van der Waals surface area contributed by atoms with Gasteiger partial charge in [-0.1, -0.05) is 18.6 Å². The van der Waals surface area contributed by atoms with Crippen molar-refractivity contribution in [3.8, 4) is 5.69 Å². The number of nitrogens with one attached hydrogen (secondary N) is 1. The number of hydrogen-bond acceptors (Lipinski definition) is 4. The SMILES string of the molecule is CC(C)N(C(=O)c1cc(F)ccc1-n1cc(C2=CNC=CC=C2)c2ccncc21)C(C)C.O=C(O)C1CCC1. The Bertz CT molecular complexity index is 1440. The molecule has 0 unspecified atom stereocenters. The summed E-state index contributed by atoms with van der Waals surface area (Å²) >= 11 is 0. The van der Waals surface area contributed by atoms with E-state index >= 15 is 0 Å². The van der Waals surface area contributed by atoms with E-state index < -0.39 is 11.8 Å². The van der Waals surface area contributed by atoms with Crippen LogP contribution in [0.25, 0.3) is 22.2 Å². The van der Waals surface area contributed by atoms with Crippen LogP contribution in [0.2, 0.25) is 0 Å². The molecule has 1 aromatic carbocycles. The fourth-order valence-corrected chi connectivity index (χ4v) is 4.88. The third-order valence-corrected chi connectivity index (χ3v) is 6.99. The van der Waals surface area contributed by atoms with Gasteiger partial charge in [0.1, 0.15) is 5.82 Å². The molecule has 0 bridgehead atoms. The summed E-state index contributed by atoms with van der Waals surface area (Å²) in [5.74, 6) is -1.26. The third kappa shape index (κ3) is 6.11. The minimum absolute atomic E-state index is 0.000000000000000444. The van der Waals surface area contributed by atoms with E-state index in [1.807, 2.05) is 75.2 Å². The predicted molar refractivity (Wildman–Crippen MR) is 152 cm³/mol. The number of amides is 1. The molecule has 0 radical (unpaired) electrons. The number of carboxylic acid groups (broad SMARTS) is 1. The number of rotatable bonds is 6. The highest BCUT2D eigenvalue weighted by Gasteiger charge is 2.26. The maximum Gasteiger partial charge on any atom is 0.306 e. The van der Waals surface area contributed by atoms with Gasteiger partial charge in [0.05, 0.1) is 28.9 Å². The second-order valence-corrected chi connectivity index (χ2v) is 10.3. The van der Waals surface area contributed by atoms with Crippen LogP contribution in [-0.4, -0.2) is 43.5 Å². The fraction of sp³-hybridized carbons (Fsp3) is 0.323. The molecule has 2 N–H and O–H groups in total. The van der Waals surface area contributed by atoms with Crippen LogP contribution in [0.5, 0.6) is 0 Å². The summed E-state index contributed by atoms with van der Waals surface area (Å²) in [5, 5.41) is 12.4. The number of pyridine rings is 1. The summed E-state index contributed by atoms with van der Waals surface area (Å²) in [6.07, 6.45) is 18.1. The molecule has 1 aliphatic carbocycles. The van der Waals surface area contributed by atoms with Gasteiger partial charge in [-0.25, -0.2) is 4.39 Å². The number of carbonyl (C=O) groups is 2. The zero-order chi connectivity index (χ0) is 28.1. The number of halogens is 1. The molecule has 0 atom stereocenters. The van der Waals surface area contributed by atoms with E-state index in [1.165, 1.54) is 12.1 Å². The highest BCUT2D eigenvalue weighted by molar-refractivity contribution is 6.01. The van der Waals surface area contributed by atoms with Gasteiger partial charge in [0.15, 0.2) is 0 Å². The van der Waals surface area contributed by atoms with E-state index in [4.69, 9.17) is 5.11 Å². The number of carbonyl (C=O) groups excluding carboxylic acids is 1. The van der Waals surface area contributed by atoms with Crippen LogP contribution in [-0.2, 0) is 4.79 Å². The molecule has 1 fully saturated rings. The van der Waals surface area contributed by atoms with Gasteiger partial charge in [-0.3, -0.25) is 14.6 Å². The van der Waals surface area contributed by atoms with Gasteiger partial charge in [0.25, 0.3) is 5.91 Å². The number of aliphatic carboxylic acids is 1. The summed E-state index contributed by atoms with van der Waals surface area (Å²) in [7, 11) is 0. The van der Waals surface area contributed by atoms with Crippen molar-refractivity contribution in [3.63, 3.8) is 0 Å². The molecule has 8 heteroatoms. The van der Waals surface area contributed by atoms with Crippen LogP contribution in [0, 0.1) is 11.7 Å². The molecular formula is C31H35FN4O3. The lowest BCUT2D eigenvalue weighted by Gasteiger charge is -2.31. The quantitative estimate of drug-likeness (QED) is 0.390. The van der Waals surface area contributed by atoms with Crippen LogP contribution in [0.3, 0.4) is 0 Å². The predicted octanol–water partition coefficient (Wildman–Crippen LogP) is 6.31. The van der Waals surface area contributed by atoms with Gasteiger partial charge < -0.3 is 19.9 Å². The molecule has 0 saturated heterocycles. The highest BCUT2D eigenvalue weighted by atomic mass is 19.1. The van der Waals surface area contributed by atoms with Crippen LogP contribution in [0.4, 0.5) is 4.39 Å². The highest BCUT2D eigenvalue weighted by Crippen LogP contribution is 2.32. The van der Waals surface area contributed by atoms with E-state index in [1.54, 1.807) is 23.4 Å². The summed E-state index contributed by atoms with van der Waals surface area (Å²) < 4.78 is 16.2. The summed E-state index contributed by atoms with van der Waals surface area (Å²) in [5.41, 5.74) is 3.77. The topological polar surface area (TPSA) is 87.5 Å². The first-order chi connectivity index (χ1) is 18.7. The van der Waals surface area contributed by atoms with Crippen LogP contribution >= 0.6 is 0 Å². The number of fused-ring (bicyclic) bond motifs is 1.